The van der Waals surface area contributed by atoms with Gasteiger partial charge in [0.25, 0.3) is 0 Å². The number of nitrogens with one attached hydrogen (secondary N) is 1. The van der Waals surface area contributed by atoms with Gasteiger partial charge >= 0.3 is 0 Å². The maximum Gasteiger partial charge on any atom is 0.162 e. The zero-order valence-corrected chi connectivity index (χ0v) is 11.8. The summed E-state index contributed by atoms with van der Waals surface area (Å²) in [5.41, 5.74) is 1.14. The molecule has 0 amide bonds. The van der Waals surface area contributed by atoms with Crippen molar-refractivity contribution >= 4 is 0 Å². The van der Waals surface area contributed by atoms with Gasteiger partial charge in [-0.15, -0.1) is 5.92 Å². The number of ether oxygens (including phenoxy) is 3. The zero-order chi connectivity index (χ0) is 13.9. The van der Waals surface area contributed by atoms with Crippen LogP contribution in [0.15, 0.2) is 18.2 Å². The normalized spacial score (nSPS) is 9.63. The molecule has 0 spiro atoms. The van der Waals surface area contributed by atoms with E-state index < -0.39 is 0 Å². The highest BCUT2D eigenvalue weighted by Crippen LogP contribution is 2.27. The molecule has 0 heterocycles. The molecule has 0 aliphatic carbocycles. The molecule has 0 saturated heterocycles. The average Bonchev–Trinajstić information content (AvgIpc) is 2.45. The van der Waals surface area contributed by atoms with E-state index in [9.17, 15) is 0 Å². The summed E-state index contributed by atoms with van der Waals surface area (Å²) in [4.78, 5) is 0. The van der Waals surface area contributed by atoms with Gasteiger partial charge < -0.3 is 19.5 Å². The second kappa shape index (κ2) is 9.26. The average molecular weight is 263 g/mol. The number of benzene rings is 1. The van der Waals surface area contributed by atoms with Crippen LogP contribution in [-0.2, 0) is 11.3 Å². The smallest absolute Gasteiger partial charge is 0.162 e. The fourth-order valence-electron chi connectivity index (χ4n) is 1.53. The molecule has 0 unspecified atom stereocenters. The van der Waals surface area contributed by atoms with Crippen molar-refractivity contribution in [3.8, 4) is 23.3 Å². The zero-order valence-electron chi connectivity index (χ0n) is 11.8. The molecule has 0 aliphatic heterocycles. The lowest BCUT2D eigenvalue weighted by Crippen LogP contribution is -2.18. The van der Waals surface area contributed by atoms with Gasteiger partial charge in [-0.25, -0.2) is 0 Å². The molecule has 1 aromatic carbocycles. The van der Waals surface area contributed by atoms with Crippen LogP contribution in [0.3, 0.4) is 0 Å². The van der Waals surface area contributed by atoms with Gasteiger partial charge in [-0.3, -0.25) is 0 Å². The van der Waals surface area contributed by atoms with Gasteiger partial charge in [-0.2, -0.15) is 0 Å². The molecule has 0 bridgehead atoms. The lowest BCUT2D eigenvalue weighted by atomic mass is 10.2. The summed E-state index contributed by atoms with van der Waals surface area (Å²) in [5.74, 6) is 7.09. The summed E-state index contributed by atoms with van der Waals surface area (Å²) in [6, 6.07) is 5.88. The van der Waals surface area contributed by atoms with E-state index >= 15 is 0 Å². The molecule has 19 heavy (non-hydrogen) atoms. The molecular weight excluding hydrogens is 242 g/mol. The molecular formula is C15H21NO3. The molecule has 4 heteroatoms. The Balaban J connectivity index is 2.58. The summed E-state index contributed by atoms with van der Waals surface area (Å²) in [6.07, 6.45) is 0. The highest BCUT2D eigenvalue weighted by Gasteiger charge is 2.05. The van der Waals surface area contributed by atoms with Crippen LogP contribution in [0.5, 0.6) is 11.5 Å². The molecule has 0 atom stereocenters. The van der Waals surface area contributed by atoms with E-state index in [0.29, 0.717) is 19.0 Å². The molecule has 1 N–H and O–H groups in total. The minimum atomic E-state index is 0.373. The second-order valence-electron chi connectivity index (χ2n) is 3.87. The first-order valence-corrected chi connectivity index (χ1v) is 6.20. The number of methoxy groups -OCH3 is 2. The van der Waals surface area contributed by atoms with Crippen LogP contribution in [0.1, 0.15) is 12.5 Å². The topological polar surface area (TPSA) is 39.7 Å². The monoisotopic (exact) mass is 263 g/mol. The summed E-state index contributed by atoms with van der Waals surface area (Å²) in [5, 5.41) is 3.28. The van der Waals surface area contributed by atoms with E-state index in [4.69, 9.17) is 14.2 Å². The van der Waals surface area contributed by atoms with Crippen LogP contribution in [0, 0.1) is 11.8 Å². The Morgan fingerprint density at radius 1 is 1.21 bits per heavy atom. The predicted molar refractivity (Wildman–Crippen MR) is 75.5 cm³/mol. The van der Waals surface area contributed by atoms with Gasteiger partial charge in [0.05, 0.1) is 13.7 Å². The van der Waals surface area contributed by atoms with E-state index in [0.717, 1.165) is 24.4 Å². The molecule has 4 nitrogen and oxygen atoms in total. The van der Waals surface area contributed by atoms with Gasteiger partial charge in [0.2, 0.25) is 0 Å². The van der Waals surface area contributed by atoms with Gasteiger partial charge in [0, 0.05) is 20.2 Å². The van der Waals surface area contributed by atoms with Crippen LogP contribution in [0.25, 0.3) is 0 Å². The highest BCUT2D eigenvalue weighted by atomic mass is 16.5. The fourth-order valence-corrected chi connectivity index (χ4v) is 1.53. The number of rotatable bonds is 8. The van der Waals surface area contributed by atoms with Crippen LogP contribution in [-0.4, -0.2) is 34.0 Å². The van der Waals surface area contributed by atoms with E-state index in [2.05, 4.69) is 17.2 Å². The van der Waals surface area contributed by atoms with E-state index in [1.54, 1.807) is 21.1 Å². The van der Waals surface area contributed by atoms with Crippen molar-refractivity contribution in [3.63, 3.8) is 0 Å². The summed E-state index contributed by atoms with van der Waals surface area (Å²) in [7, 11) is 3.33. The molecule has 0 aromatic heterocycles. The van der Waals surface area contributed by atoms with E-state index in [1.807, 2.05) is 18.2 Å². The first-order chi connectivity index (χ1) is 9.31. The van der Waals surface area contributed by atoms with Crippen LogP contribution >= 0.6 is 0 Å². The fraction of sp³-hybridized carbons (Fsp3) is 0.467. The van der Waals surface area contributed by atoms with Gasteiger partial charge in [-0.05, 0) is 24.6 Å². The minimum absolute atomic E-state index is 0.373. The molecule has 1 aromatic rings. The highest BCUT2D eigenvalue weighted by molar-refractivity contribution is 5.43. The molecule has 104 valence electrons. The maximum atomic E-state index is 5.53. The van der Waals surface area contributed by atoms with Crippen LogP contribution in [0.2, 0.25) is 0 Å². The SMILES string of the molecule is CC#CCOc1ccc(CNCCOC)cc1OC. The van der Waals surface area contributed by atoms with Gasteiger partial charge in [0.1, 0.15) is 6.61 Å². The van der Waals surface area contributed by atoms with Crippen molar-refractivity contribution in [2.75, 3.05) is 34.0 Å². The summed E-state index contributed by atoms with van der Waals surface area (Å²) >= 11 is 0. The van der Waals surface area contributed by atoms with Crippen molar-refractivity contribution in [1.82, 2.24) is 5.32 Å². The Bertz CT molecular complexity index is 435. The van der Waals surface area contributed by atoms with E-state index in [1.165, 1.54) is 0 Å². The molecule has 0 fully saturated rings. The molecule has 1 rings (SSSR count). The standard InChI is InChI=1S/C15H21NO3/c1-4-5-9-19-14-7-6-13(11-15(14)18-3)12-16-8-10-17-2/h6-7,11,16H,8-10,12H2,1-3H3. The molecule has 0 radical (unpaired) electrons. The third kappa shape index (κ3) is 5.64. The lowest BCUT2D eigenvalue weighted by molar-refractivity contribution is 0.199. The minimum Gasteiger partial charge on any atom is -0.493 e. The van der Waals surface area contributed by atoms with Crippen molar-refractivity contribution < 1.29 is 14.2 Å². The quantitative estimate of drug-likeness (QED) is 0.574. The summed E-state index contributed by atoms with van der Waals surface area (Å²) in [6.45, 7) is 4.46. The van der Waals surface area contributed by atoms with Gasteiger partial charge in [-0.1, -0.05) is 12.0 Å². The van der Waals surface area contributed by atoms with Crippen LogP contribution < -0.4 is 14.8 Å². The van der Waals surface area contributed by atoms with Gasteiger partial charge in [0.15, 0.2) is 11.5 Å². The second-order valence-corrected chi connectivity index (χ2v) is 3.87. The Labute approximate surface area is 115 Å². The first-order valence-electron chi connectivity index (χ1n) is 6.20. The maximum absolute atomic E-state index is 5.53. The van der Waals surface area contributed by atoms with E-state index in [-0.39, 0.29) is 0 Å². The van der Waals surface area contributed by atoms with Crippen LogP contribution in [0.4, 0.5) is 0 Å². The Hall–Kier alpha value is -1.70. The van der Waals surface area contributed by atoms with Crippen molar-refractivity contribution in [2.24, 2.45) is 0 Å². The third-order valence-electron chi connectivity index (χ3n) is 2.52. The Kier molecular flexibility index (Phi) is 7.48. The molecule has 0 aliphatic rings. The third-order valence-corrected chi connectivity index (χ3v) is 2.52. The Morgan fingerprint density at radius 2 is 2.05 bits per heavy atom. The Morgan fingerprint density at radius 3 is 2.74 bits per heavy atom. The largest absolute Gasteiger partial charge is 0.493 e. The number of hydrogen-bond acceptors (Lipinski definition) is 4. The predicted octanol–water partition coefficient (Wildman–Crippen LogP) is 1.83. The van der Waals surface area contributed by atoms with Crippen molar-refractivity contribution in [1.29, 1.82) is 0 Å². The van der Waals surface area contributed by atoms with Crippen molar-refractivity contribution in [2.45, 2.75) is 13.5 Å². The summed E-state index contributed by atoms with van der Waals surface area (Å²) < 4.78 is 15.8. The molecule has 0 saturated carbocycles. The lowest BCUT2D eigenvalue weighted by Gasteiger charge is -2.11. The first kappa shape index (κ1) is 15.4. The number of hydrogen-bond donors (Lipinski definition) is 1. The van der Waals surface area contributed by atoms with Crippen molar-refractivity contribution in [3.05, 3.63) is 23.8 Å².